The summed E-state index contributed by atoms with van der Waals surface area (Å²) >= 11 is 0. The fourth-order valence-corrected chi connectivity index (χ4v) is 7.50. The fourth-order valence-electron chi connectivity index (χ4n) is 7.50. The molecule has 17 nitrogen and oxygen atoms in total. The summed E-state index contributed by atoms with van der Waals surface area (Å²) in [7, 11) is 3.11. The van der Waals surface area contributed by atoms with E-state index in [1.807, 2.05) is 0 Å². The topological polar surface area (TPSA) is 227 Å². The van der Waals surface area contributed by atoms with Gasteiger partial charge in [-0.2, -0.15) is 13.2 Å². The number of amides is 6. The molecule has 62 heavy (non-hydrogen) atoms. The Bertz CT molecular complexity index is 2510. The molecule has 6 N–H and O–H groups in total. The van der Waals surface area contributed by atoms with Crippen molar-refractivity contribution in [2.24, 2.45) is 5.41 Å². The van der Waals surface area contributed by atoms with Crippen molar-refractivity contribution in [2.75, 3.05) is 56.8 Å². The van der Waals surface area contributed by atoms with Crippen LogP contribution >= 0.6 is 0 Å². The molecule has 2 fully saturated rings. The molecule has 4 aromatic rings. The number of carbonyl (C=O) groups excluding carboxylic acids is 6. The molecule has 3 aromatic carbocycles. The first-order valence-corrected chi connectivity index (χ1v) is 19.7. The second-order valence-electron chi connectivity index (χ2n) is 15.8. The average Bonchev–Trinajstić information content (AvgIpc) is 3.94. The number of nitrogens with two attached hydrogens (primary N) is 1. The standard InChI is InChI=1S/C42H44F3N9O8/c1-21(23-11-24(42(43,44)45)13-25(46)12-23)49-37-29-15-33(32(61-4)16-30(29)50-22(2)51-37)62-20-41(9-10-41)19-53(3)36(57)18-48-35(56)17-47-26-5-6-27-28(14-26)40(60)54(39(27)59)31-7-8-34(55)52-38(31)58/h5-6,11-16,21,31,47H,7-10,17-20,46H2,1-4H3,(H,48,56)(H,49,50,51)(H,52,55,58)/t21-,31?/m1/s1. The number of anilines is 3. The van der Waals surface area contributed by atoms with Gasteiger partial charge in [0, 0.05) is 48.3 Å². The number of alkyl halides is 3. The number of ether oxygens (including phenoxy) is 2. The van der Waals surface area contributed by atoms with E-state index < -0.39 is 53.4 Å². The van der Waals surface area contributed by atoms with Gasteiger partial charge in [-0.25, -0.2) is 9.97 Å². The Morgan fingerprint density at radius 3 is 2.45 bits per heavy atom. The number of methoxy groups -OCH3 is 1. The van der Waals surface area contributed by atoms with E-state index in [1.165, 1.54) is 36.3 Å². The van der Waals surface area contributed by atoms with Crippen molar-refractivity contribution in [3.63, 3.8) is 0 Å². The number of halogens is 3. The zero-order chi connectivity index (χ0) is 44.7. The van der Waals surface area contributed by atoms with Gasteiger partial charge >= 0.3 is 6.18 Å². The highest BCUT2D eigenvalue weighted by Gasteiger charge is 2.46. The normalized spacial score (nSPS) is 17.3. The Morgan fingerprint density at radius 2 is 1.76 bits per heavy atom. The number of nitrogens with one attached hydrogen (secondary N) is 4. The van der Waals surface area contributed by atoms with Gasteiger partial charge in [-0.3, -0.25) is 39.0 Å². The molecule has 1 aliphatic carbocycles. The summed E-state index contributed by atoms with van der Waals surface area (Å²) in [6.07, 6.45) is -3.02. The van der Waals surface area contributed by atoms with Gasteiger partial charge in [0.25, 0.3) is 11.8 Å². The van der Waals surface area contributed by atoms with Crippen LogP contribution < -0.4 is 36.5 Å². The van der Waals surface area contributed by atoms with Gasteiger partial charge < -0.3 is 36.1 Å². The van der Waals surface area contributed by atoms with Crippen LogP contribution in [0.15, 0.2) is 48.5 Å². The molecule has 0 bridgehead atoms. The first kappa shape index (κ1) is 43.1. The summed E-state index contributed by atoms with van der Waals surface area (Å²) in [6.45, 7) is 3.41. The maximum Gasteiger partial charge on any atom is 0.416 e. The molecule has 1 unspecified atom stereocenters. The van der Waals surface area contributed by atoms with E-state index in [0.717, 1.165) is 29.9 Å². The maximum atomic E-state index is 13.5. The SMILES string of the molecule is COc1cc2nc(C)nc(N[C@H](C)c3cc(N)cc(C(F)(F)F)c3)c2cc1OCC1(CN(C)C(=O)CNC(=O)CNc2ccc3c(c2)C(=O)N(C2CCC(=O)NC2=O)C3=O)CC1. The molecule has 326 valence electrons. The molecule has 1 saturated heterocycles. The van der Waals surface area contributed by atoms with E-state index >= 15 is 0 Å². The number of hydrogen-bond acceptors (Lipinski definition) is 13. The van der Waals surface area contributed by atoms with E-state index in [9.17, 15) is 41.9 Å². The third-order valence-electron chi connectivity index (χ3n) is 11.1. The number of fused-ring (bicyclic) bond motifs is 2. The Labute approximate surface area is 352 Å². The summed E-state index contributed by atoms with van der Waals surface area (Å²) in [6, 6.07) is 9.40. The minimum atomic E-state index is -4.57. The van der Waals surface area contributed by atoms with Crippen molar-refractivity contribution in [3.8, 4) is 11.5 Å². The number of likely N-dealkylation sites (N-methyl/N-ethyl adjacent to an activating group) is 1. The van der Waals surface area contributed by atoms with Gasteiger partial charge in [0.1, 0.15) is 17.7 Å². The average molecular weight is 860 g/mol. The van der Waals surface area contributed by atoms with E-state index in [4.69, 9.17) is 15.2 Å². The molecule has 20 heteroatoms. The summed E-state index contributed by atoms with van der Waals surface area (Å²) in [5, 5.41) is 11.4. The van der Waals surface area contributed by atoms with Crippen molar-refractivity contribution in [1.82, 2.24) is 30.4 Å². The van der Waals surface area contributed by atoms with Crippen molar-refractivity contribution >= 4 is 63.5 Å². The van der Waals surface area contributed by atoms with E-state index in [1.54, 1.807) is 33.0 Å². The lowest BCUT2D eigenvalue weighted by Crippen LogP contribution is -2.54. The van der Waals surface area contributed by atoms with Crippen LogP contribution in [0, 0.1) is 12.3 Å². The molecular weight excluding hydrogens is 816 g/mol. The molecule has 1 aromatic heterocycles. The monoisotopic (exact) mass is 859 g/mol. The Hall–Kier alpha value is -6.99. The van der Waals surface area contributed by atoms with E-state index in [0.29, 0.717) is 51.8 Å². The Balaban J connectivity index is 0.928. The molecule has 2 atom stereocenters. The molecule has 1 saturated carbocycles. The van der Waals surface area contributed by atoms with Crippen LogP contribution in [0.25, 0.3) is 10.9 Å². The zero-order valence-corrected chi connectivity index (χ0v) is 34.2. The predicted octanol–water partition coefficient (Wildman–Crippen LogP) is 3.97. The lowest BCUT2D eigenvalue weighted by molar-refractivity contribution is -0.138. The van der Waals surface area contributed by atoms with Crippen molar-refractivity contribution in [1.29, 1.82) is 0 Å². The van der Waals surface area contributed by atoms with Crippen molar-refractivity contribution < 1.29 is 51.4 Å². The van der Waals surface area contributed by atoms with Gasteiger partial charge in [-0.1, -0.05) is 0 Å². The highest BCUT2D eigenvalue weighted by Crippen LogP contribution is 2.47. The van der Waals surface area contributed by atoms with Gasteiger partial charge in [-0.05, 0) is 81.1 Å². The second kappa shape index (κ2) is 16.8. The summed E-state index contributed by atoms with van der Waals surface area (Å²) < 4.78 is 52.6. The Kier molecular flexibility index (Phi) is 11.7. The highest BCUT2D eigenvalue weighted by atomic mass is 19.4. The number of hydrogen-bond donors (Lipinski definition) is 5. The number of carbonyl (C=O) groups is 6. The van der Waals surface area contributed by atoms with Crippen LogP contribution in [-0.2, 0) is 25.4 Å². The predicted molar refractivity (Wildman–Crippen MR) is 218 cm³/mol. The molecule has 6 amide bonds. The molecule has 0 spiro atoms. The van der Waals surface area contributed by atoms with Crippen molar-refractivity contribution in [2.45, 2.75) is 57.8 Å². The molecule has 3 heterocycles. The van der Waals surface area contributed by atoms with E-state index in [2.05, 4.69) is 31.2 Å². The van der Waals surface area contributed by atoms with Crippen LogP contribution in [0.1, 0.15) is 76.3 Å². The number of piperidine rings is 1. The summed E-state index contributed by atoms with van der Waals surface area (Å²) in [4.78, 5) is 87.3. The Morgan fingerprint density at radius 1 is 1.02 bits per heavy atom. The zero-order valence-electron chi connectivity index (χ0n) is 34.2. The first-order valence-electron chi connectivity index (χ1n) is 19.7. The first-order chi connectivity index (χ1) is 29.3. The highest BCUT2D eigenvalue weighted by molar-refractivity contribution is 6.23. The largest absolute Gasteiger partial charge is 0.493 e. The minimum Gasteiger partial charge on any atom is -0.493 e. The summed E-state index contributed by atoms with van der Waals surface area (Å²) in [5.74, 6) is -1.82. The van der Waals surface area contributed by atoms with Crippen LogP contribution in [0.5, 0.6) is 11.5 Å². The number of rotatable bonds is 15. The molecule has 2 aliphatic heterocycles. The maximum absolute atomic E-state index is 13.5. The number of aryl methyl sites for hydroxylation is 1. The smallest absolute Gasteiger partial charge is 0.416 e. The van der Waals surface area contributed by atoms with E-state index in [-0.39, 0.29) is 60.7 Å². The number of imide groups is 2. The van der Waals surface area contributed by atoms with Crippen LogP contribution in [-0.4, -0.2) is 102 Å². The third-order valence-corrected chi connectivity index (χ3v) is 11.1. The molecule has 7 rings (SSSR count). The number of aromatic nitrogens is 2. The molecular formula is C42H44F3N9O8. The molecule has 0 radical (unpaired) electrons. The van der Waals surface area contributed by atoms with Crippen LogP contribution in [0.4, 0.5) is 30.4 Å². The number of benzene rings is 3. The lowest BCUT2D eigenvalue weighted by atomic mass is 10.0. The quantitative estimate of drug-likeness (QED) is 0.0844. The third kappa shape index (κ3) is 9.18. The minimum absolute atomic E-state index is 0.00343. The van der Waals surface area contributed by atoms with Crippen LogP contribution in [0.3, 0.4) is 0 Å². The van der Waals surface area contributed by atoms with Gasteiger partial charge in [-0.15, -0.1) is 0 Å². The lowest BCUT2D eigenvalue weighted by Gasteiger charge is -2.27. The van der Waals surface area contributed by atoms with Gasteiger partial charge in [0.2, 0.25) is 23.6 Å². The van der Waals surface area contributed by atoms with Crippen LogP contribution in [0.2, 0.25) is 0 Å². The fraction of sp³-hybridized carbons (Fsp3) is 0.381. The molecule has 3 aliphatic rings. The number of nitrogens with zero attached hydrogens (tertiary/aromatic N) is 4. The van der Waals surface area contributed by atoms with Crippen molar-refractivity contribution in [3.05, 3.63) is 76.6 Å². The number of nitrogen functional groups attached to an aromatic ring is 1. The second-order valence-corrected chi connectivity index (χ2v) is 15.8. The summed E-state index contributed by atoms with van der Waals surface area (Å²) in [5.41, 5.74) is 5.90. The van der Waals surface area contributed by atoms with Gasteiger partial charge in [0.05, 0.1) is 55.1 Å². The van der Waals surface area contributed by atoms with Gasteiger partial charge in [0.15, 0.2) is 11.5 Å².